The predicted molar refractivity (Wildman–Crippen MR) is 78.5 cm³/mol. The largest absolute Gasteiger partial charge is 0.222 e. The average molecular weight is 294 g/mol. The van der Waals surface area contributed by atoms with Gasteiger partial charge in [-0.15, -0.1) is 0 Å². The lowest BCUT2D eigenvalue weighted by molar-refractivity contribution is 0.625. The summed E-state index contributed by atoms with van der Waals surface area (Å²) in [5, 5.41) is 9.47. The molecule has 0 saturated carbocycles. The lowest BCUT2D eigenvalue weighted by atomic mass is 10.3. The SMILES string of the molecule is Cc1nn(-c2cccc(F)c2)c2ncnc(-n3cccn3)c12. The smallest absolute Gasteiger partial charge is 0.168 e. The van der Waals surface area contributed by atoms with Crippen molar-refractivity contribution in [3.8, 4) is 11.5 Å². The zero-order valence-electron chi connectivity index (χ0n) is 11.7. The van der Waals surface area contributed by atoms with Gasteiger partial charge in [-0.2, -0.15) is 10.2 Å². The summed E-state index contributed by atoms with van der Waals surface area (Å²) in [6, 6.07) is 8.06. The molecule has 0 atom stereocenters. The maximum atomic E-state index is 13.5. The number of aromatic nitrogens is 6. The lowest BCUT2D eigenvalue weighted by Crippen LogP contribution is -2.01. The first kappa shape index (κ1) is 12.6. The molecule has 3 aromatic heterocycles. The molecule has 3 heterocycles. The Morgan fingerprint density at radius 3 is 2.82 bits per heavy atom. The minimum Gasteiger partial charge on any atom is -0.222 e. The van der Waals surface area contributed by atoms with Crippen molar-refractivity contribution in [2.75, 3.05) is 0 Å². The highest BCUT2D eigenvalue weighted by molar-refractivity contribution is 5.86. The number of aryl methyl sites for hydroxylation is 1. The first-order valence-electron chi connectivity index (χ1n) is 6.70. The normalized spacial score (nSPS) is 11.2. The van der Waals surface area contributed by atoms with Crippen LogP contribution >= 0.6 is 0 Å². The highest BCUT2D eigenvalue weighted by atomic mass is 19.1. The number of hydrogen-bond acceptors (Lipinski definition) is 4. The number of nitrogens with zero attached hydrogens (tertiary/aromatic N) is 6. The van der Waals surface area contributed by atoms with Crippen LogP contribution in [0.25, 0.3) is 22.5 Å². The Morgan fingerprint density at radius 1 is 1.14 bits per heavy atom. The van der Waals surface area contributed by atoms with Crippen molar-refractivity contribution < 1.29 is 4.39 Å². The van der Waals surface area contributed by atoms with E-state index in [1.807, 2.05) is 13.0 Å². The Balaban J connectivity index is 2.02. The quantitative estimate of drug-likeness (QED) is 0.569. The van der Waals surface area contributed by atoms with Gasteiger partial charge in [0, 0.05) is 12.4 Å². The van der Waals surface area contributed by atoms with E-state index in [9.17, 15) is 4.39 Å². The molecule has 0 aliphatic rings. The first-order chi connectivity index (χ1) is 10.7. The van der Waals surface area contributed by atoms with Gasteiger partial charge in [-0.3, -0.25) is 0 Å². The van der Waals surface area contributed by atoms with Gasteiger partial charge in [0.25, 0.3) is 0 Å². The van der Waals surface area contributed by atoms with Crippen LogP contribution in [0.4, 0.5) is 4.39 Å². The summed E-state index contributed by atoms with van der Waals surface area (Å²) in [5.41, 5.74) is 1.98. The summed E-state index contributed by atoms with van der Waals surface area (Å²) in [6.07, 6.45) is 4.94. The molecule has 0 N–H and O–H groups in total. The third kappa shape index (κ3) is 1.86. The zero-order chi connectivity index (χ0) is 15.1. The fourth-order valence-electron chi connectivity index (χ4n) is 2.45. The molecule has 0 aliphatic heterocycles. The predicted octanol–water partition coefficient (Wildman–Crippen LogP) is 2.45. The molecule has 0 saturated heterocycles. The van der Waals surface area contributed by atoms with Crippen molar-refractivity contribution in [2.24, 2.45) is 0 Å². The molecule has 4 aromatic rings. The molecule has 0 amide bonds. The van der Waals surface area contributed by atoms with Gasteiger partial charge in [-0.25, -0.2) is 23.7 Å². The van der Waals surface area contributed by atoms with Crippen LogP contribution < -0.4 is 0 Å². The van der Waals surface area contributed by atoms with Crippen molar-refractivity contribution in [3.05, 3.63) is 60.6 Å². The van der Waals surface area contributed by atoms with E-state index in [1.54, 1.807) is 33.9 Å². The van der Waals surface area contributed by atoms with Gasteiger partial charge in [0.05, 0.1) is 16.8 Å². The van der Waals surface area contributed by atoms with Gasteiger partial charge in [-0.05, 0) is 31.2 Å². The second kappa shape index (κ2) is 4.73. The molecule has 4 rings (SSSR count). The van der Waals surface area contributed by atoms with Gasteiger partial charge in [0.2, 0.25) is 0 Å². The molecule has 7 heteroatoms. The first-order valence-corrected chi connectivity index (χ1v) is 6.70. The van der Waals surface area contributed by atoms with Crippen molar-refractivity contribution in [1.82, 2.24) is 29.5 Å². The van der Waals surface area contributed by atoms with E-state index in [2.05, 4.69) is 20.2 Å². The van der Waals surface area contributed by atoms with E-state index in [-0.39, 0.29) is 5.82 Å². The number of fused-ring (bicyclic) bond motifs is 1. The second-order valence-electron chi connectivity index (χ2n) is 4.82. The van der Waals surface area contributed by atoms with Gasteiger partial charge in [0.1, 0.15) is 12.1 Å². The van der Waals surface area contributed by atoms with Crippen LogP contribution in [-0.4, -0.2) is 29.5 Å². The van der Waals surface area contributed by atoms with E-state index in [4.69, 9.17) is 0 Å². The molecule has 1 aromatic carbocycles. The Morgan fingerprint density at radius 2 is 2.05 bits per heavy atom. The molecular weight excluding hydrogens is 283 g/mol. The van der Waals surface area contributed by atoms with Crippen LogP contribution in [0.1, 0.15) is 5.69 Å². The summed E-state index contributed by atoms with van der Waals surface area (Å²) in [4.78, 5) is 8.60. The van der Waals surface area contributed by atoms with E-state index < -0.39 is 0 Å². The molecule has 0 aliphatic carbocycles. The molecule has 6 nitrogen and oxygen atoms in total. The number of rotatable bonds is 2. The van der Waals surface area contributed by atoms with Crippen molar-refractivity contribution >= 4 is 11.0 Å². The molecule has 22 heavy (non-hydrogen) atoms. The van der Waals surface area contributed by atoms with Crippen molar-refractivity contribution in [1.29, 1.82) is 0 Å². The van der Waals surface area contributed by atoms with Crippen LogP contribution in [0.3, 0.4) is 0 Å². The van der Waals surface area contributed by atoms with E-state index in [0.29, 0.717) is 17.2 Å². The maximum Gasteiger partial charge on any atom is 0.168 e. The van der Waals surface area contributed by atoms with Gasteiger partial charge in [0.15, 0.2) is 11.5 Å². The second-order valence-corrected chi connectivity index (χ2v) is 4.82. The van der Waals surface area contributed by atoms with Gasteiger partial charge in [-0.1, -0.05) is 6.07 Å². The third-order valence-corrected chi connectivity index (χ3v) is 3.39. The molecule has 0 unspecified atom stereocenters. The molecule has 0 fully saturated rings. The molecule has 0 radical (unpaired) electrons. The third-order valence-electron chi connectivity index (χ3n) is 3.39. The molecule has 0 bridgehead atoms. The Labute approximate surface area is 124 Å². The topological polar surface area (TPSA) is 61.4 Å². The van der Waals surface area contributed by atoms with Crippen molar-refractivity contribution in [2.45, 2.75) is 6.92 Å². The fraction of sp³-hybridized carbons (Fsp3) is 0.0667. The van der Waals surface area contributed by atoms with E-state index >= 15 is 0 Å². The van der Waals surface area contributed by atoms with Crippen molar-refractivity contribution in [3.63, 3.8) is 0 Å². The highest BCUT2D eigenvalue weighted by Gasteiger charge is 2.16. The average Bonchev–Trinajstić information content (AvgIpc) is 3.16. The number of hydrogen-bond donors (Lipinski definition) is 0. The Bertz CT molecular complexity index is 958. The molecule has 0 spiro atoms. The van der Waals surface area contributed by atoms with Crippen LogP contribution in [-0.2, 0) is 0 Å². The van der Waals surface area contributed by atoms with E-state index in [0.717, 1.165) is 11.1 Å². The highest BCUT2D eigenvalue weighted by Crippen LogP contribution is 2.24. The number of benzene rings is 1. The summed E-state index contributed by atoms with van der Waals surface area (Å²) in [7, 11) is 0. The Hall–Kier alpha value is -3.09. The number of halogens is 1. The van der Waals surface area contributed by atoms with Crippen LogP contribution in [0.5, 0.6) is 0 Å². The Kier molecular flexibility index (Phi) is 2.72. The monoisotopic (exact) mass is 294 g/mol. The van der Waals surface area contributed by atoms with Crippen LogP contribution in [0.15, 0.2) is 49.1 Å². The summed E-state index contributed by atoms with van der Waals surface area (Å²) in [5.74, 6) is 0.329. The van der Waals surface area contributed by atoms with Crippen LogP contribution in [0.2, 0.25) is 0 Å². The van der Waals surface area contributed by atoms with E-state index in [1.165, 1.54) is 18.5 Å². The lowest BCUT2D eigenvalue weighted by Gasteiger charge is -2.04. The standard InChI is InChI=1S/C15H11FN6/c1-10-13-14(21-7-3-6-19-21)17-9-18-15(13)22(20-10)12-5-2-4-11(16)8-12/h2-9H,1H3. The molecular formula is C15H11FN6. The summed E-state index contributed by atoms with van der Waals surface area (Å²) < 4.78 is 16.7. The summed E-state index contributed by atoms with van der Waals surface area (Å²) >= 11 is 0. The minimum absolute atomic E-state index is 0.319. The maximum absolute atomic E-state index is 13.5. The van der Waals surface area contributed by atoms with Gasteiger partial charge < -0.3 is 0 Å². The van der Waals surface area contributed by atoms with Gasteiger partial charge >= 0.3 is 0 Å². The summed E-state index contributed by atoms with van der Waals surface area (Å²) in [6.45, 7) is 1.87. The van der Waals surface area contributed by atoms with Crippen LogP contribution in [0, 0.1) is 12.7 Å². The molecule has 108 valence electrons. The zero-order valence-corrected chi connectivity index (χ0v) is 11.7. The minimum atomic E-state index is -0.319. The fourth-order valence-corrected chi connectivity index (χ4v) is 2.45.